The van der Waals surface area contributed by atoms with E-state index in [0.717, 1.165) is 16.7 Å². The number of halogens is 2. The molecule has 1 N–H and O–H groups in total. The molecule has 0 saturated heterocycles. The first-order valence-electron chi connectivity index (χ1n) is 8.78. The van der Waals surface area contributed by atoms with Crippen LogP contribution in [-0.2, 0) is 6.54 Å². The summed E-state index contributed by atoms with van der Waals surface area (Å²) >= 11 is 0. The van der Waals surface area contributed by atoms with Crippen LogP contribution in [0.2, 0.25) is 0 Å². The number of rotatable bonds is 3. The predicted octanol–water partition coefficient (Wildman–Crippen LogP) is 3.34. The molecule has 8 nitrogen and oxygen atoms in total. The molecule has 0 bridgehead atoms. The van der Waals surface area contributed by atoms with E-state index in [9.17, 15) is 13.6 Å². The minimum atomic E-state index is -0.752. The highest BCUT2D eigenvalue weighted by Gasteiger charge is 2.16. The molecule has 5 aromatic rings. The molecule has 0 fully saturated rings. The van der Waals surface area contributed by atoms with Gasteiger partial charge in [-0.25, -0.2) is 28.4 Å². The second kappa shape index (κ2) is 6.59. The fraction of sp³-hybridized carbons (Fsp3) is 0.0500. The third kappa shape index (κ3) is 2.72. The van der Waals surface area contributed by atoms with Crippen molar-refractivity contribution in [3.05, 3.63) is 88.0 Å². The molecule has 146 valence electrons. The average molecular weight is 403 g/mol. The lowest BCUT2D eigenvalue weighted by Crippen LogP contribution is -2.19. The number of fused-ring (bicyclic) bond motifs is 2. The van der Waals surface area contributed by atoms with Gasteiger partial charge in [-0.05, 0) is 24.3 Å². The zero-order valence-corrected chi connectivity index (χ0v) is 15.2. The van der Waals surface area contributed by atoms with Crippen LogP contribution in [0.15, 0.2) is 53.7 Å². The summed E-state index contributed by atoms with van der Waals surface area (Å²) in [6, 6.07) is 8.54. The Hall–Kier alpha value is -4.39. The molecule has 0 spiro atoms. The van der Waals surface area contributed by atoms with Crippen molar-refractivity contribution in [1.29, 1.82) is 0 Å². The highest BCUT2D eigenvalue weighted by Crippen LogP contribution is 2.23. The fourth-order valence-electron chi connectivity index (χ4n) is 3.27. The number of benzene rings is 2. The Morgan fingerprint density at radius 2 is 1.93 bits per heavy atom. The molecule has 0 aliphatic heterocycles. The van der Waals surface area contributed by atoms with Gasteiger partial charge < -0.3 is 4.98 Å². The number of hydrogen-bond donors (Lipinski definition) is 1. The van der Waals surface area contributed by atoms with Crippen LogP contribution in [0.3, 0.4) is 0 Å². The lowest BCUT2D eigenvalue weighted by molar-refractivity contribution is 0.544. The third-order valence-electron chi connectivity index (χ3n) is 4.75. The highest BCUT2D eigenvalue weighted by atomic mass is 19.1. The predicted molar refractivity (Wildman–Crippen MR) is 104 cm³/mol. The zero-order chi connectivity index (χ0) is 20.8. The molecule has 0 aliphatic carbocycles. The molecule has 3 heterocycles. The highest BCUT2D eigenvalue weighted by molar-refractivity contribution is 5.81. The maximum Gasteiger partial charge on any atom is 0.328 e. The molecule has 0 aliphatic rings. The van der Waals surface area contributed by atoms with E-state index in [1.807, 2.05) is 0 Å². The molecule has 2 aromatic carbocycles. The van der Waals surface area contributed by atoms with E-state index in [2.05, 4.69) is 24.8 Å². The summed E-state index contributed by atoms with van der Waals surface area (Å²) in [6.07, 6.45) is 2.92. The molecular formula is C20H11F2N7O. The van der Waals surface area contributed by atoms with Crippen LogP contribution in [0.1, 0.15) is 5.56 Å². The topological polar surface area (TPSA) is 85.8 Å². The van der Waals surface area contributed by atoms with Crippen molar-refractivity contribution in [1.82, 2.24) is 29.1 Å². The van der Waals surface area contributed by atoms with Gasteiger partial charge in [0.25, 0.3) is 0 Å². The second-order valence-corrected chi connectivity index (χ2v) is 6.52. The van der Waals surface area contributed by atoms with E-state index in [4.69, 9.17) is 6.57 Å². The average Bonchev–Trinajstić information content (AvgIpc) is 3.30. The lowest BCUT2D eigenvalue weighted by atomic mass is 10.2. The number of aromatic amines is 1. The molecule has 3 aromatic heterocycles. The van der Waals surface area contributed by atoms with Crippen LogP contribution >= 0.6 is 0 Å². The summed E-state index contributed by atoms with van der Waals surface area (Å²) in [5.41, 5.74) is 1.40. The second-order valence-electron chi connectivity index (χ2n) is 6.52. The van der Waals surface area contributed by atoms with Gasteiger partial charge in [0.15, 0.2) is 11.3 Å². The Balaban J connectivity index is 1.68. The molecule has 0 atom stereocenters. The van der Waals surface area contributed by atoms with Crippen molar-refractivity contribution < 1.29 is 8.78 Å². The van der Waals surface area contributed by atoms with Crippen molar-refractivity contribution in [2.75, 3.05) is 0 Å². The van der Waals surface area contributed by atoms with Gasteiger partial charge in [-0.15, -0.1) is 0 Å². The summed E-state index contributed by atoms with van der Waals surface area (Å²) < 4.78 is 30.9. The van der Waals surface area contributed by atoms with Crippen LogP contribution in [0.25, 0.3) is 33.0 Å². The summed E-state index contributed by atoms with van der Waals surface area (Å²) in [5, 5.41) is 0. The van der Waals surface area contributed by atoms with Crippen molar-refractivity contribution in [2.24, 2.45) is 0 Å². The van der Waals surface area contributed by atoms with Crippen LogP contribution in [0, 0.1) is 18.2 Å². The van der Waals surface area contributed by atoms with Crippen LogP contribution in [0.5, 0.6) is 0 Å². The van der Waals surface area contributed by atoms with Gasteiger partial charge in [0.1, 0.15) is 23.5 Å². The van der Waals surface area contributed by atoms with Crippen LogP contribution in [-0.4, -0.2) is 29.1 Å². The van der Waals surface area contributed by atoms with Crippen molar-refractivity contribution in [2.45, 2.75) is 6.54 Å². The number of hydrogen-bond acceptors (Lipinski definition) is 4. The summed E-state index contributed by atoms with van der Waals surface area (Å²) in [5.74, 6) is -1.30. The smallest absolute Gasteiger partial charge is 0.303 e. The number of aromatic nitrogens is 6. The van der Waals surface area contributed by atoms with Crippen LogP contribution in [0.4, 0.5) is 14.5 Å². The monoisotopic (exact) mass is 403 g/mol. The lowest BCUT2D eigenvalue weighted by Gasteiger charge is -2.07. The Bertz CT molecular complexity index is 1520. The maximum atomic E-state index is 14.1. The van der Waals surface area contributed by atoms with Gasteiger partial charge in [-0.2, -0.15) is 4.98 Å². The molecule has 0 radical (unpaired) electrons. The summed E-state index contributed by atoms with van der Waals surface area (Å²) in [6.45, 7) is 6.85. The Kier molecular flexibility index (Phi) is 3.89. The summed E-state index contributed by atoms with van der Waals surface area (Å²) in [4.78, 5) is 31.3. The number of nitrogens with one attached hydrogen (secondary N) is 1. The number of imidazole rings is 2. The van der Waals surface area contributed by atoms with Crippen LogP contribution < -0.4 is 5.69 Å². The third-order valence-corrected chi connectivity index (χ3v) is 4.75. The van der Waals surface area contributed by atoms with Gasteiger partial charge in [0, 0.05) is 5.56 Å². The van der Waals surface area contributed by atoms with E-state index < -0.39 is 17.3 Å². The van der Waals surface area contributed by atoms with Gasteiger partial charge in [-0.3, -0.25) is 9.13 Å². The van der Waals surface area contributed by atoms with Gasteiger partial charge in [0.05, 0.1) is 30.3 Å². The number of H-pyrrole nitrogens is 1. The van der Waals surface area contributed by atoms with Crippen molar-refractivity contribution in [3.8, 4) is 5.95 Å². The van der Waals surface area contributed by atoms with E-state index in [1.165, 1.54) is 18.6 Å². The molecule has 0 saturated carbocycles. The van der Waals surface area contributed by atoms with E-state index in [-0.39, 0.29) is 23.7 Å². The molecule has 30 heavy (non-hydrogen) atoms. The standard InChI is InChI=1S/C20H11F2N7O/c1-23-11-5-6-15-17(7-11)29(10-25-15)19-24-8-16-18(27-19)28(20(30)26-16)9-12-13(21)3-2-4-14(12)22/h2-8,10H,9H2,(H,26,30). The Morgan fingerprint density at radius 3 is 2.70 bits per heavy atom. The van der Waals surface area contributed by atoms with Gasteiger partial charge in [0.2, 0.25) is 5.95 Å². The van der Waals surface area contributed by atoms with E-state index in [0.29, 0.717) is 22.2 Å². The van der Waals surface area contributed by atoms with Crippen molar-refractivity contribution >= 4 is 27.9 Å². The first-order chi connectivity index (χ1) is 14.5. The number of nitrogens with zero attached hydrogens (tertiary/aromatic N) is 6. The minimum Gasteiger partial charge on any atom is -0.303 e. The first kappa shape index (κ1) is 17.7. The molecule has 10 heteroatoms. The molecular weight excluding hydrogens is 392 g/mol. The first-order valence-corrected chi connectivity index (χ1v) is 8.78. The minimum absolute atomic E-state index is 0.191. The molecule has 0 amide bonds. The van der Waals surface area contributed by atoms with Gasteiger partial charge in [-0.1, -0.05) is 12.1 Å². The van der Waals surface area contributed by atoms with E-state index >= 15 is 0 Å². The van der Waals surface area contributed by atoms with Crippen molar-refractivity contribution in [3.63, 3.8) is 0 Å². The Morgan fingerprint density at radius 1 is 1.13 bits per heavy atom. The quantitative estimate of drug-likeness (QED) is 0.468. The summed E-state index contributed by atoms with van der Waals surface area (Å²) in [7, 11) is 0. The van der Waals surface area contributed by atoms with E-state index in [1.54, 1.807) is 22.8 Å². The maximum absolute atomic E-state index is 14.1. The van der Waals surface area contributed by atoms with Gasteiger partial charge >= 0.3 is 5.69 Å². The largest absolute Gasteiger partial charge is 0.328 e. The SMILES string of the molecule is [C-]#[N+]c1ccc2ncn(-c3ncc4[nH]c(=O)n(Cc5c(F)cccc5F)c4n3)c2c1. The zero-order valence-electron chi connectivity index (χ0n) is 15.2. The Labute approximate surface area is 166 Å². The fourth-order valence-corrected chi connectivity index (χ4v) is 3.27. The molecule has 0 unspecified atom stereocenters. The normalized spacial score (nSPS) is 11.2. The molecule has 5 rings (SSSR count).